The molecule has 6 nitrogen and oxygen atoms in total. The van der Waals surface area contributed by atoms with Crippen molar-refractivity contribution in [2.24, 2.45) is 0 Å². The van der Waals surface area contributed by atoms with E-state index < -0.39 is 0 Å². The second kappa shape index (κ2) is 9.87. The first-order valence-electron chi connectivity index (χ1n) is 15.6. The summed E-state index contributed by atoms with van der Waals surface area (Å²) < 4.78 is 39.1. The van der Waals surface area contributed by atoms with Gasteiger partial charge in [-0.05, 0) is 69.3 Å². The van der Waals surface area contributed by atoms with Crippen LogP contribution in [-0.4, -0.2) is 13.4 Å². The predicted molar refractivity (Wildman–Crippen MR) is 184 cm³/mol. The lowest BCUT2D eigenvalue weighted by Crippen LogP contribution is -2.54. The molecule has 0 atom stereocenters. The van der Waals surface area contributed by atoms with E-state index in [-0.39, 0.29) is 13.4 Å². The monoisotopic (exact) mass is 614 g/mol. The maximum Gasteiger partial charge on any atom is 0.270 e. The lowest BCUT2D eigenvalue weighted by Gasteiger charge is -2.40. The Kier molecular flexibility index (Phi) is 5.79. The van der Waals surface area contributed by atoms with Gasteiger partial charge in [0.05, 0.1) is 5.76 Å². The minimum absolute atomic E-state index is 0.141. The van der Waals surface area contributed by atoms with Crippen LogP contribution in [0.2, 0.25) is 0 Å². The largest absolute Gasteiger partial charge is 0.463 e. The average Bonchev–Trinajstić information content (AvgIpc) is 3.07. The number of allylic oxidation sites excluding steroid dienone is 10. The van der Waals surface area contributed by atoms with Crippen LogP contribution in [-0.2, 0) is 4.74 Å². The zero-order chi connectivity index (χ0) is 32.1. The Bertz CT molecular complexity index is 2240. The lowest BCUT2D eigenvalue weighted by atomic mass is 9.32. The van der Waals surface area contributed by atoms with Crippen LogP contribution < -0.4 is 40.1 Å². The number of hydrogen-bond acceptors (Lipinski definition) is 6. The summed E-state index contributed by atoms with van der Waals surface area (Å²) in [5.41, 5.74) is 7.08. The second-order valence-corrected chi connectivity index (χ2v) is 12.0. The van der Waals surface area contributed by atoms with E-state index in [0.29, 0.717) is 34.5 Å². The maximum absolute atomic E-state index is 6.81. The van der Waals surface area contributed by atoms with Crippen LogP contribution in [0.3, 0.4) is 0 Å². The molecule has 9 rings (SSSR count). The van der Waals surface area contributed by atoms with Gasteiger partial charge in [0.1, 0.15) is 63.3 Å². The van der Waals surface area contributed by atoms with Crippen molar-refractivity contribution >= 4 is 29.8 Å². The molecule has 1 saturated heterocycles. The molecule has 0 spiro atoms. The minimum Gasteiger partial charge on any atom is -0.463 e. The van der Waals surface area contributed by atoms with Gasteiger partial charge in [-0.15, -0.1) is 0 Å². The summed E-state index contributed by atoms with van der Waals surface area (Å²) in [7, 11) is 0. The first-order chi connectivity index (χ1) is 22.9. The first kappa shape index (κ1) is 27.6. The quantitative estimate of drug-likeness (QED) is 0.302. The molecule has 6 aliphatic rings. The van der Waals surface area contributed by atoms with Crippen LogP contribution in [0.1, 0.15) is 20.8 Å². The molecule has 3 aromatic carbocycles. The molecule has 0 saturated carbocycles. The van der Waals surface area contributed by atoms with Crippen molar-refractivity contribution in [2.75, 3.05) is 0 Å². The van der Waals surface area contributed by atoms with Gasteiger partial charge in [-0.1, -0.05) is 50.1 Å². The van der Waals surface area contributed by atoms with Crippen LogP contribution in [0.25, 0.3) is 0 Å². The third-order valence-corrected chi connectivity index (χ3v) is 9.57. The molecule has 0 radical (unpaired) electrons. The van der Waals surface area contributed by atoms with E-state index in [1.165, 1.54) is 0 Å². The molecule has 226 valence electrons. The van der Waals surface area contributed by atoms with E-state index in [2.05, 4.69) is 19.7 Å². The SMILES string of the molecule is C=CC1=C2B3C(=C(/C=C\C)Oc4cccc(c43)O1)C(=C)O/C2=C(C)\C(C=C)=C1/Oc2cccc3c2B2C1=C(C)Oc1cccc(c12)O3. The highest BCUT2D eigenvalue weighted by molar-refractivity contribution is 6.95. The van der Waals surface area contributed by atoms with E-state index in [1.807, 2.05) is 93.6 Å². The molecular weight excluding hydrogens is 586 g/mol. The molecule has 1 fully saturated rings. The van der Waals surface area contributed by atoms with Crippen molar-refractivity contribution in [3.8, 4) is 34.5 Å². The Hall–Kier alpha value is -5.75. The summed E-state index contributed by atoms with van der Waals surface area (Å²) in [5.74, 6) is 8.30. The Labute approximate surface area is 273 Å². The average molecular weight is 614 g/mol. The van der Waals surface area contributed by atoms with Crippen molar-refractivity contribution in [1.29, 1.82) is 0 Å². The lowest BCUT2D eigenvalue weighted by molar-refractivity contribution is 0.308. The Balaban J connectivity index is 1.31. The van der Waals surface area contributed by atoms with Gasteiger partial charge >= 0.3 is 0 Å². The van der Waals surface area contributed by atoms with Gasteiger partial charge in [0, 0.05) is 44.0 Å². The summed E-state index contributed by atoms with van der Waals surface area (Å²) in [5, 5.41) is 0. The van der Waals surface area contributed by atoms with Crippen molar-refractivity contribution in [3.63, 3.8) is 0 Å². The smallest absolute Gasteiger partial charge is 0.270 e. The number of rotatable bonds is 4. The highest BCUT2D eigenvalue weighted by Crippen LogP contribution is 2.48. The standard InChI is InChI=1S/C39H28B2O6/c1-7-13-25-32-21(5)43-38(37-24(9-3)44-27-15-11-17-29(45-25)35(27)40(32)37)20(4)23(8-2)39-33-22(6)42-26-14-10-16-28-34(26)41(33)36-30(46-28)18-12-19-31(36)47-39/h7-19H,2-3,5H2,1,4,6H3/b13-7-,38-20-,39-23-. The van der Waals surface area contributed by atoms with E-state index >= 15 is 0 Å². The summed E-state index contributed by atoms with van der Waals surface area (Å²) >= 11 is 0. The van der Waals surface area contributed by atoms with E-state index in [0.717, 1.165) is 78.5 Å². The van der Waals surface area contributed by atoms with Gasteiger partial charge in [0.2, 0.25) is 0 Å². The van der Waals surface area contributed by atoms with Crippen LogP contribution in [0.5, 0.6) is 34.5 Å². The molecule has 47 heavy (non-hydrogen) atoms. The highest BCUT2D eigenvalue weighted by atomic mass is 16.5. The van der Waals surface area contributed by atoms with Crippen molar-refractivity contribution in [3.05, 3.63) is 161 Å². The maximum atomic E-state index is 6.81. The number of hydrogen-bond donors (Lipinski definition) is 0. The van der Waals surface area contributed by atoms with Gasteiger partial charge < -0.3 is 28.4 Å². The molecule has 3 aromatic rings. The molecule has 0 unspecified atom stereocenters. The molecular formula is C39H28B2O6. The molecule has 0 aliphatic carbocycles. The fourth-order valence-electron chi connectivity index (χ4n) is 7.67. The minimum atomic E-state index is -0.246. The van der Waals surface area contributed by atoms with Gasteiger partial charge in [0.25, 0.3) is 13.4 Å². The molecule has 0 bridgehead atoms. The highest BCUT2D eigenvalue weighted by Gasteiger charge is 2.50. The molecule has 0 aromatic heterocycles. The van der Waals surface area contributed by atoms with E-state index in [1.54, 1.807) is 6.08 Å². The third-order valence-electron chi connectivity index (χ3n) is 9.57. The van der Waals surface area contributed by atoms with Crippen LogP contribution in [0.4, 0.5) is 0 Å². The zero-order valence-electron chi connectivity index (χ0n) is 26.2. The Morgan fingerprint density at radius 2 is 1.19 bits per heavy atom. The van der Waals surface area contributed by atoms with Crippen molar-refractivity contribution < 1.29 is 28.4 Å². The fraction of sp³-hybridized carbons (Fsp3) is 0.0769. The van der Waals surface area contributed by atoms with E-state index in [4.69, 9.17) is 28.4 Å². The van der Waals surface area contributed by atoms with E-state index in [9.17, 15) is 0 Å². The predicted octanol–water partition coefficient (Wildman–Crippen LogP) is 6.79. The Morgan fingerprint density at radius 1 is 0.638 bits per heavy atom. The van der Waals surface area contributed by atoms with Gasteiger partial charge in [0.15, 0.2) is 0 Å². The molecule has 6 heterocycles. The molecule has 6 aliphatic heterocycles. The third kappa shape index (κ3) is 3.64. The second-order valence-electron chi connectivity index (χ2n) is 12.0. The number of ether oxygens (including phenoxy) is 6. The normalized spacial score (nSPS) is 19.9. The molecule has 0 amide bonds. The van der Waals surface area contributed by atoms with Gasteiger partial charge in [-0.25, -0.2) is 0 Å². The summed E-state index contributed by atoms with van der Waals surface area (Å²) in [6, 6.07) is 17.7. The Morgan fingerprint density at radius 3 is 1.79 bits per heavy atom. The van der Waals surface area contributed by atoms with Crippen LogP contribution >= 0.6 is 0 Å². The summed E-state index contributed by atoms with van der Waals surface area (Å²) in [6.45, 7) is 18.4. The molecule has 0 N–H and O–H groups in total. The van der Waals surface area contributed by atoms with Crippen molar-refractivity contribution in [1.82, 2.24) is 0 Å². The fourth-order valence-corrected chi connectivity index (χ4v) is 7.67. The number of benzene rings is 3. The summed E-state index contributed by atoms with van der Waals surface area (Å²) in [4.78, 5) is 0. The van der Waals surface area contributed by atoms with Crippen LogP contribution in [0, 0.1) is 0 Å². The van der Waals surface area contributed by atoms with Crippen LogP contribution in [0.15, 0.2) is 161 Å². The first-order valence-corrected chi connectivity index (χ1v) is 15.6. The van der Waals surface area contributed by atoms with Crippen molar-refractivity contribution in [2.45, 2.75) is 20.8 Å². The zero-order valence-corrected chi connectivity index (χ0v) is 26.2. The molecule has 8 heteroatoms. The topological polar surface area (TPSA) is 55.4 Å². The van der Waals surface area contributed by atoms with Gasteiger partial charge in [-0.3, -0.25) is 0 Å². The summed E-state index contributed by atoms with van der Waals surface area (Å²) in [6.07, 6.45) is 7.44. The van der Waals surface area contributed by atoms with Gasteiger partial charge in [-0.2, -0.15) is 0 Å².